The minimum atomic E-state index is 0.988. The number of aromatic nitrogens is 2. The summed E-state index contributed by atoms with van der Waals surface area (Å²) >= 11 is 4.85. The molecule has 0 aliphatic rings. The van der Waals surface area contributed by atoms with E-state index in [0.29, 0.717) is 0 Å². The van der Waals surface area contributed by atoms with Crippen LogP contribution in [0.25, 0.3) is 10.2 Å². The molecule has 0 unspecified atom stereocenters. The lowest BCUT2D eigenvalue weighted by Gasteiger charge is -1.78. The number of hydrogen-bond donors (Lipinski definition) is 0. The Labute approximate surface area is 124 Å². The molecule has 3 heterocycles. The van der Waals surface area contributed by atoms with E-state index in [1.54, 1.807) is 22.7 Å². The molecule has 4 aromatic rings. The van der Waals surface area contributed by atoms with E-state index < -0.39 is 0 Å². The molecule has 0 spiro atoms. The highest BCUT2D eigenvalue weighted by atomic mass is 32.1. The van der Waals surface area contributed by atoms with Gasteiger partial charge in [0.25, 0.3) is 0 Å². The van der Waals surface area contributed by atoms with Crippen molar-refractivity contribution in [2.75, 3.05) is 0 Å². The predicted octanol–water partition coefficient (Wildman–Crippen LogP) is 5.19. The van der Waals surface area contributed by atoms with E-state index in [2.05, 4.69) is 9.59 Å². The molecule has 0 bridgehead atoms. The van der Waals surface area contributed by atoms with Gasteiger partial charge < -0.3 is 0 Å². The quantitative estimate of drug-likeness (QED) is 0.447. The average molecular weight is 304 g/mol. The molecule has 1 aromatic carbocycles. The van der Waals surface area contributed by atoms with Crippen molar-refractivity contribution in [1.82, 2.24) is 9.59 Å². The van der Waals surface area contributed by atoms with Crippen LogP contribution in [0.4, 0.5) is 0 Å². The molecule has 19 heavy (non-hydrogen) atoms. The Morgan fingerprint density at radius 3 is 1.74 bits per heavy atom. The van der Waals surface area contributed by atoms with Crippen molar-refractivity contribution in [2.45, 2.75) is 0 Å². The lowest BCUT2D eigenvalue weighted by Crippen LogP contribution is -1.63. The van der Waals surface area contributed by atoms with Gasteiger partial charge in [-0.25, -0.2) is 0 Å². The zero-order valence-corrected chi connectivity index (χ0v) is 12.5. The third-order valence-corrected chi connectivity index (χ3v) is 3.97. The molecule has 0 amide bonds. The third-order valence-electron chi connectivity index (χ3n) is 2.00. The Bertz CT molecular complexity index is 551. The molecule has 0 saturated carbocycles. The first-order chi connectivity index (χ1) is 9.47. The first-order valence-corrected chi connectivity index (χ1v) is 8.24. The Morgan fingerprint density at radius 2 is 1.26 bits per heavy atom. The van der Waals surface area contributed by atoms with Gasteiger partial charge in [-0.05, 0) is 45.2 Å². The minimum absolute atomic E-state index is 0.988. The molecule has 0 aliphatic heterocycles. The summed E-state index contributed by atoms with van der Waals surface area (Å²) in [7, 11) is 0. The van der Waals surface area contributed by atoms with E-state index in [9.17, 15) is 0 Å². The fourth-order valence-corrected chi connectivity index (χ4v) is 2.64. The van der Waals surface area contributed by atoms with Crippen molar-refractivity contribution in [1.29, 1.82) is 0 Å². The molecule has 5 heteroatoms. The van der Waals surface area contributed by atoms with Gasteiger partial charge in [0.1, 0.15) is 5.52 Å². The third kappa shape index (κ3) is 5.30. The number of hydrogen-bond acceptors (Lipinski definition) is 5. The maximum absolute atomic E-state index is 3.89. The molecule has 0 fully saturated rings. The van der Waals surface area contributed by atoms with Crippen LogP contribution in [0.15, 0.2) is 70.1 Å². The van der Waals surface area contributed by atoms with Crippen LogP contribution in [0.2, 0.25) is 0 Å². The summed E-state index contributed by atoms with van der Waals surface area (Å²) in [6, 6.07) is 16.0. The lowest BCUT2D eigenvalue weighted by atomic mass is 10.3. The molecule has 2 nitrogen and oxygen atoms in total. The van der Waals surface area contributed by atoms with E-state index in [1.165, 1.54) is 11.5 Å². The van der Waals surface area contributed by atoms with Crippen molar-refractivity contribution in [3.8, 4) is 0 Å². The van der Waals surface area contributed by atoms with Crippen molar-refractivity contribution in [3.05, 3.63) is 70.1 Å². The van der Waals surface area contributed by atoms with Crippen LogP contribution >= 0.6 is 34.2 Å². The van der Waals surface area contributed by atoms with Crippen LogP contribution in [0.3, 0.4) is 0 Å². The summed E-state index contributed by atoms with van der Waals surface area (Å²) in [4.78, 5) is 0. The van der Waals surface area contributed by atoms with Crippen LogP contribution in [0, 0.1) is 0 Å². The standard InChI is InChI=1S/C6H4N2S.2C4H4S/c1-2-4-6-5(3-1)7-8-9-6;2*1-2-4-5-3-1/h1-4H;2*1-4H. The van der Waals surface area contributed by atoms with Crippen LogP contribution in [-0.2, 0) is 0 Å². The van der Waals surface area contributed by atoms with Crippen LogP contribution in [0.5, 0.6) is 0 Å². The van der Waals surface area contributed by atoms with Gasteiger partial charge in [-0.15, -0.1) is 5.10 Å². The van der Waals surface area contributed by atoms with E-state index in [0.717, 1.165) is 10.2 Å². The lowest BCUT2D eigenvalue weighted by molar-refractivity contribution is 1.20. The van der Waals surface area contributed by atoms with Crippen LogP contribution in [-0.4, -0.2) is 9.59 Å². The van der Waals surface area contributed by atoms with Gasteiger partial charge in [0.05, 0.1) is 4.70 Å². The highest BCUT2D eigenvalue weighted by molar-refractivity contribution is 7.12. The van der Waals surface area contributed by atoms with Gasteiger partial charge in [-0.3, -0.25) is 0 Å². The SMILES string of the molecule is c1ccc2snnc2c1.c1ccsc1.c1ccsc1. The second-order valence-electron chi connectivity index (χ2n) is 3.33. The van der Waals surface area contributed by atoms with E-state index in [-0.39, 0.29) is 0 Å². The molecule has 96 valence electrons. The molecule has 4 rings (SSSR count). The summed E-state index contributed by atoms with van der Waals surface area (Å²) in [6.07, 6.45) is 0. The predicted molar refractivity (Wildman–Crippen MR) is 86.1 cm³/mol. The van der Waals surface area contributed by atoms with Crippen molar-refractivity contribution in [2.24, 2.45) is 0 Å². The smallest absolute Gasteiger partial charge is 0.105 e. The zero-order chi connectivity index (χ0) is 13.2. The molecule has 0 radical (unpaired) electrons. The maximum atomic E-state index is 3.89. The molecule has 0 aliphatic carbocycles. The van der Waals surface area contributed by atoms with Crippen molar-refractivity contribution < 1.29 is 0 Å². The van der Waals surface area contributed by atoms with Crippen molar-refractivity contribution in [3.63, 3.8) is 0 Å². The molecule has 0 saturated heterocycles. The van der Waals surface area contributed by atoms with Gasteiger partial charge in [0.15, 0.2) is 0 Å². The van der Waals surface area contributed by atoms with E-state index in [4.69, 9.17) is 0 Å². The van der Waals surface area contributed by atoms with Crippen LogP contribution < -0.4 is 0 Å². The average Bonchev–Trinajstić information content (AvgIpc) is 3.22. The summed E-state index contributed by atoms with van der Waals surface area (Å²) in [5, 5.41) is 12.1. The van der Waals surface area contributed by atoms with Gasteiger partial charge in [-0.1, -0.05) is 40.9 Å². The van der Waals surface area contributed by atoms with Gasteiger partial charge in [0, 0.05) is 0 Å². The first-order valence-electron chi connectivity index (χ1n) is 5.58. The van der Waals surface area contributed by atoms with E-state index >= 15 is 0 Å². The zero-order valence-electron chi connectivity index (χ0n) is 10.0. The molecule has 0 atom stereocenters. The Morgan fingerprint density at radius 1 is 0.684 bits per heavy atom. The van der Waals surface area contributed by atoms with Gasteiger partial charge >= 0.3 is 0 Å². The largest absolute Gasteiger partial charge is 0.152 e. The molecular weight excluding hydrogens is 292 g/mol. The molecular formula is C14H12N2S3. The van der Waals surface area contributed by atoms with Gasteiger partial charge in [0.2, 0.25) is 0 Å². The van der Waals surface area contributed by atoms with Crippen LogP contribution in [0.1, 0.15) is 0 Å². The topological polar surface area (TPSA) is 25.8 Å². The summed E-state index contributed by atoms with van der Waals surface area (Å²) in [5.41, 5.74) is 0.988. The number of benzene rings is 1. The van der Waals surface area contributed by atoms with Gasteiger partial charge in [-0.2, -0.15) is 22.7 Å². The second-order valence-corrected chi connectivity index (χ2v) is 5.75. The number of rotatable bonds is 0. The minimum Gasteiger partial charge on any atom is -0.152 e. The molecule has 0 N–H and O–H groups in total. The van der Waals surface area contributed by atoms with E-state index in [1.807, 2.05) is 70.1 Å². The Kier molecular flexibility index (Phi) is 6.22. The highest BCUT2D eigenvalue weighted by Gasteiger charge is 1.91. The fraction of sp³-hybridized carbons (Fsp3) is 0. The normalized spacial score (nSPS) is 9.05. The number of thiophene rings is 2. The maximum Gasteiger partial charge on any atom is 0.105 e. The number of nitrogens with zero attached hydrogens (tertiary/aromatic N) is 2. The number of fused-ring (bicyclic) bond motifs is 1. The Hall–Kier alpha value is -1.56. The monoisotopic (exact) mass is 304 g/mol. The fourth-order valence-electron chi connectivity index (χ4n) is 1.18. The first kappa shape index (κ1) is 13.9. The molecule has 3 aromatic heterocycles. The summed E-state index contributed by atoms with van der Waals surface area (Å²) in [6.45, 7) is 0. The Balaban J connectivity index is 0.000000114. The highest BCUT2D eigenvalue weighted by Crippen LogP contribution is 2.12. The van der Waals surface area contributed by atoms with Crippen molar-refractivity contribution >= 4 is 44.4 Å². The summed E-state index contributed by atoms with van der Waals surface area (Å²) < 4.78 is 4.94. The second kappa shape index (κ2) is 8.53. The summed E-state index contributed by atoms with van der Waals surface area (Å²) in [5.74, 6) is 0.